The Morgan fingerprint density at radius 1 is 0.328 bits per heavy atom. The summed E-state index contributed by atoms with van der Waals surface area (Å²) in [5, 5.41) is 5.89. The van der Waals surface area contributed by atoms with Crippen LogP contribution in [0, 0.1) is 0 Å². The third-order valence-corrected chi connectivity index (χ3v) is 11.7. The molecular formula is C54H34N4. The van der Waals surface area contributed by atoms with Crippen molar-refractivity contribution in [1.29, 1.82) is 0 Å². The van der Waals surface area contributed by atoms with Gasteiger partial charge in [0.15, 0.2) is 0 Å². The molecule has 8 aromatic carbocycles. The number of hydrogen-bond donors (Lipinski definition) is 0. The summed E-state index contributed by atoms with van der Waals surface area (Å²) in [5.74, 6) is 0.866. The van der Waals surface area contributed by atoms with E-state index in [1.165, 1.54) is 43.8 Å². The first kappa shape index (κ1) is 32.4. The number of imidazole rings is 1. The van der Waals surface area contributed by atoms with Crippen molar-refractivity contribution < 1.29 is 0 Å². The Morgan fingerprint density at radius 2 is 0.862 bits per heavy atom. The topological polar surface area (TPSA) is 35.1 Å². The van der Waals surface area contributed by atoms with Gasteiger partial charge in [0, 0.05) is 27.1 Å². The molecule has 0 spiro atoms. The number of pyridine rings is 2. The average Bonchev–Trinajstić information content (AvgIpc) is 3.86. The van der Waals surface area contributed by atoms with Gasteiger partial charge in [0.2, 0.25) is 0 Å². The van der Waals surface area contributed by atoms with Gasteiger partial charge in [-0.1, -0.05) is 170 Å². The van der Waals surface area contributed by atoms with E-state index in [1.807, 2.05) is 0 Å². The first-order valence-electron chi connectivity index (χ1n) is 19.7. The summed E-state index contributed by atoms with van der Waals surface area (Å²) in [5.41, 5.74) is 15.4. The van der Waals surface area contributed by atoms with Gasteiger partial charge in [-0.25, -0.2) is 9.97 Å². The van der Waals surface area contributed by atoms with Crippen LogP contribution < -0.4 is 0 Å². The van der Waals surface area contributed by atoms with E-state index in [1.54, 1.807) is 0 Å². The van der Waals surface area contributed by atoms with Crippen LogP contribution in [0.3, 0.4) is 0 Å². The number of para-hydroxylation sites is 3. The predicted molar refractivity (Wildman–Crippen MR) is 242 cm³/mol. The lowest BCUT2D eigenvalue weighted by Crippen LogP contribution is -2.00. The monoisotopic (exact) mass is 738 g/mol. The zero-order valence-corrected chi connectivity index (χ0v) is 31.4. The predicted octanol–water partition coefficient (Wildman–Crippen LogP) is 14.0. The molecule has 4 heteroatoms. The standard InChI is InChI=1S/C54H34N4/c1-3-13-35(14-4-1)37-23-25-39(26-24-37)41-33-47(40-29-27-38(28-30-40)36-15-5-2-6-16-36)55-51(34-41)57-48-21-11-9-19-45(48)52-50(57)32-31-43-42-17-7-8-18-44(42)54-56-46-20-10-12-22-49(46)58(54)53(43)52/h1-34H. The fraction of sp³-hybridized carbons (Fsp3) is 0. The molecule has 0 fully saturated rings. The van der Waals surface area contributed by atoms with Gasteiger partial charge < -0.3 is 0 Å². The lowest BCUT2D eigenvalue weighted by atomic mass is 9.98. The summed E-state index contributed by atoms with van der Waals surface area (Å²) in [6, 6.07) is 73.7. The molecule has 0 unspecified atom stereocenters. The molecule has 12 rings (SSSR count). The van der Waals surface area contributed by atoms with E-state index in [0.29, 0.717) is 0 Å². The summed E-state index contributed by atoms with van der Waals surface area (Å²) in [6.07, 6.45) is 0. The molecule has 4 nitrogen and oxygen atoms in total. The largest absolute Gasteiger partial charge is 0.294 e. The van der Waals surface area contributed by atoms with Gasteiger partial charge >= 0.3 is 0 Å². The highest BCUT2D eigenvalue weighted by atomic mass is 15.1. The molecule has 0 atom stereocenters. The zero-order valence-electron chi connectivity index (χ0n) is 31.4. The van der Waals surface area contributed by atoms with Crippen LogP contribution in [0.4, 0.5) is 0 Å². The van der Waals surface area contributed by atoms with E-state index in [0.717, 1.165) is 66.8 Å². The summed E-state index contributed by atoms with van der Waals surface area (Å²) < 4.78 is 4.73. The van der Waals surface area contributed by atoms with Crippen molar-refractivity contribution in [1.82, 2.24) is 18.9 Å². The average molecular weight is 739 g/mol. The third-order valence-electron chi connectivity index (χ3n) is 11.7. The second kappa shape index (κ2) is 12.9. The number of rotatable bonds is 5. The number of fused-ring (bicyclic) bond motifs is 12. The quantitative estimate of drug-likeness (QED) is 0.165. The van der Waals surface area contributed by atoms with Gasteiger partial charge in [0.1, 0.15) is 11.5 Å². The van der Waals surface area contributed by atoms with E-state index < -0.39 is 0 Å². The van der Waals surface area contributed by atoms with Crippen LogP contribution in [-0.4, -0.2) is 18.9 Å². The van der Waals surface area contributed by atoms with Crippen LogP contribution in [0.15, 0.2) is 206 Å². The van der Waals surface area contributed by atoms with Gasteiger partial charge in [0.05, 0.1) is 33.3 Å². The van der Waals surface area contributed by atoms with Crippen molar-refractivity contribution in [2.24, 2.45) is 0 Å². The molecule has 270 valence electrons. The van der Waals surface area contributed by atoms with Crippen LogP contribution in [-0.2, 0) is 0 Å². The normalized spacial score (nSPS) is 11.8. The summed E-state index contributed by atoms with van der Waals surface area (Å²) in [4.78, 5) is 10.7. The SMILES string of the molecule is c1ccc(-c2ccc(-c3cc(-c4ccc(-c5ccccc5)cc4)nc(-n4c5ccccc5c5c4ccc4c6ccccc6c6nc7ccccc7n6c45)c3)cc2)cc1. The smallest absolute Gasteiger partial charge is 0.146 e. The molecule has 0 amide bonds. The molecule has 12 aromatic rings. The fourth-order valence-electron chi connectivity index (χ4n) is 8.98. The van der Waals surface area contributed by atoms with Gasteiger partial charge in [-0.15, -0.1) is 0 Å². The lowest BCUT2D eigenvalue weighted by Gasteiger charge is -2.14. The first-order valence-corrected chi connectivity index (χ1v) is 19.7. The number of aromatic nitrogens is 4. The molecule has 0 bridgehead atoms. The third kappa shape index (κ3) is 5.02. The van der Waals surface area contributed by atoms with Crippen molar-refractivity contribution in [3.8, 4) is 50.5 Å². The molecule has 4 heterocycles. The van der Waals surface area contributed by atoms with E-state index in [2.05, 4.69) is 215 Å². The van der Waals surface area contributed by atoms with Crippen molar-refractivity contribution in [3.63, 3.8) is 0 Å². The van der Waals surface area contributed by atoms with Crippen molar-refractivity contribution in [2.45, 2.75) is 0 Å². The Morgan fingerprint density at radius 3 is 1.55 bits per heavy atom. The second-order valence-electron chi connectivity index (χ2n) is 15.0. The molecular weight excluding hydrogens is 705 g/mol. The summed E-state index contributed by atoms with van der Waals surface area (Å²) in [7, 11) is 0. The number of benzene rings is 8. The molecule has 0 aliphatic heterocycles. The maximum absolute atomic E-state index is 5.52. The van der Waals surface area contributed by atoms with Gasteiger partial charge in [-0.2, -0.15) is 0 Å². The first-order chi connectivity index (χ1) is 28.8. The second-order valence-corrected chi connectivity index (χ2v) is 15.0. The van der Waals surface area contributed by atoms with Gasteiger partial charge in [-0.05, 0) is 75.2 Å². The molecule has 0 saturated carbocycles. The minimum Gasteiger partial charge on any atom is -0.294 e. The molecule has 0 radical (unpaired) electrons. The van der Waals surface area contributed by atoms with Gasteiger partial charge in [-0.3, -0.25) is 8.97 Å². The maximum Gasteiger partial charge on any atom is 0.146 e. The van der Waals surface area contributed by atoms with E-state index >= 15 is 0 Å². The molecule has 58 heavy (non-hydrogen) atoms. The minimum absolute atomic E-state index is 0.866. The summed E-state index contributed by atoms with van der Waals surface area (Å²) >= 11 is 0. The van der Waals surface area contributed by atoms with Crippen LogP contribution in [0.1, 0.15) is 0 Å². The van der Waals surface area contributed by atoms with Gasteiger partial charge in [0.25, 0.3) is 0 Å². The zero-order chi connectivity index (χ0) is 38.2. The van der Waals surface area contributed by atoms with Crippen LogP contribution in [0.5, 0.6) is 0 Å². The lowest BCUT2D eigenvalue weighted by molar-refractivity contribution is 1.08. The van der Waals surface area contributed by atoms with E-state index in [9.17, 15) is 0 Å². The molecule has 0 saturated heterocycles. The highest BCUT2D eigenvalue weighted by Gasteiger charge is 2.22. The summed E-state index contributed by atoms with van der Waals surface area (Å²) in [6.45, 7) is 0. The van der Waals surface area contributed by atoms with Crippen molar-refractivity contribution >= 4 is 60.2 Å². The fourth-order valence-corrected chi connectivity index (χ4v) is 8.98. The Balaban J connectivity index is 1.14. The highest BCUT2D eigenvalue weighted by molar-refractivity contribution is 6.26. The minimum atomic E-state index is 0.866. The van der Waals surface area contributed by atoms with Crippen LogP contribution >= 0.6 is 0 Å². The van der Waals surface area contributed by atoms with Crippen molar-refractivity contribution in [3.05, 3.63) is 206 Å². The maximum atomic E-state index is 5.52. The van der Waals surface area contributed by atoms with Crippen LogP contribution in [0.25, 0.3) is 111 Å². The number of hydrogen-bond acceptors (Lipinski definition) is 2. The van der Waals surface area contributed by atoms with Crippen molar-refractivity contribution in [2.75, 3.05) is 0 Å². The molecule has 0 aliphatic rings. The van der Waals surface area contributed by atoms with Crippen LogP contribution in [0.2, 0.25) is 0 Å². The molecule has 4 aromatic heterocycles. The Bertz CT molecular complexity index is 3420. The Kier molecular flexibility index (Phi) is 7.20. The molecule has 0 aliphatic carbocycles. The Labute approximate surface area is 334 Å². The number of nitrogens with zero attached hydrogens (tertiary/aromatic N) is 4. The van der Waals surface area contributed by atoms with E-state index in [-0.39, 0.29) is 0 Å². The Hall–Kier alpha value is -7.82. The van der Waals surface area contributed by atoms with E-state index in [4.69, 9.17) is 9.97 Å². The highest BCUT2D eigenvalue weighted by Crippen LogP contribution is 2.42. The molecule has 0 N–H and O–H groups in total.